The Balaban J connectivity index is 2.49. The lowest BCUT2D eigenvalue weighted by atomic mass is 10.3. The molecule has 0 atom stereocenters. The number of carbonyl (C=O) groups excluding carboxylic acids is 1. The van der Waals surface area contributed by atoms with Crippen LogP contribution in [0.2, 0.25) is 0 Å². The molecule has 0 unspecified atom stereocenters. The van der Waals surface area contributed by atoms with Crippen molar-refractivity contribution in [3.63, 3.8) is 0 Å². The molecule has 0 N–H and O–H groups in total. The van der Waals surface area contributed by atoms with Gasteiger partial charge in [-0.2, -0.15) is 0 Å². The maximum Gasteiger partial charge on any atom is 0.443 e. The van der Waals surface area contributed by atoms with Crippen molar-refractivity contribution in [2.24, 2.45) is 0 Å². The number of benzene rings is 1. The van der Waals surface area contributed by atoms with E-state index in [1.54, 1.807) is 26.0 Å². The smallest absolute Gasteiger partial charge is 0.443 e. The van der Waals surface area contributed by atoms with Crippen molar-refractivity contribution in [3.8, 4) is 5.75 Å². The summed E-state index contributed by atoms with van der Waals surface area (Å²) in [5.74, 6) is 0.598. The highest BCUT2D eigenvalue weighted by Gasteiger charge is 2.13. The van der Waals surface area contributed by atoms with Crippen LogP contribution >= 0.6 is 0 Å². The summed E-state index contributed by atoms with van der Waals surface area (Å²) in [6, 6.07) is 9.06. The van der Waals surface area contributed by atoms with Crippen LogP contribution in [0.4, 0.5) is 4.79 Å². The number of amides is 1. The predicted molar refractivity (Wildman–Crippen MR) is 56.5 cm³/mol. The third-order valence-corrected chi connectivity index (χ3v) is 1.58. The standard InChI is InChI=1S/C11H15NO3/c1-9(2)14-11(13)12(3)15-10-7-5-4-6-8-10/h4-9H,1-3H3. The Morgan fingerprint density at radius 3 is 2.40 bits per heavy atom. The van der Waals surface area contributed by atoms with E-state index in [0.717, 1.165) is 5.06 Å². The van der Waals surface area contributed by atoms with Gasteiger partial charge in [-0.1, -0.05) is 18.2 Å². The summed E-state index contributed by atoms with van der Waals surface area (Å²) in [4.78, 5) is 16.6. The molecule has 0 fully saturated rings. The Kier molecular flexibility index (Phi) is 3.97. The van der Waals surface area contributed by atoms with Crippen LogP contribution in [-0.4, -0.2) is 24.3 Å². The van der Waals surface area contributed by atoms with Crippen LogP contribution in [0.15, 0.2) is 30.3 Å². The van der Waals surface area contributed by atoms with Gasteiger partial charge in [0.05, 0.1) is 13.2 Å². The molecule has 0 bridgehead atoms. The number of nitrogens with zero attached hydrogens (tertiary/aromatic N) is 1. The first-order chi connectivity index (χ1) is 7.09. The van der Waals surface area contributed by atoms with Gasteiger partial charge in [0.15, 0.2) is 5.75 Å². The lowest BCUT2D eigenvalue weighted by molar-refractivity contribution is -0.0365. The molecular formula is C11H15NO3. The van der Waals surface area contributed by atoms with Crippen molar-refractivity contribution < 1.29 is 14.4 Å². The average molecular weight is 209 g/mol. The largest absolute Gasteiger partial charge is 0.445 e. The molecule has 0 aromatic heterocycles. The highest BCUT2D eigenvalue weighted by Crippen LogP contribution is 2.10. The summed E-state index contributed by atoms with van der Waals surface area (Å²) in [7, 11) is 1.51. The Labute approximate surface area is 89.4 Å². The fourth-order valence-corrected chi connectivity index (χ4v) is 0.953. The predicted octanol–water partition coefficient (Wildman–Crippen LogP) is 2.46. The molecule has 1 amide bonds. The maximum absolute atomic E-state index is 11.3. The molecule has 82 valence electrons. The van der Waals surface area contributed by atoms with Crippen LogP contribution in [0.3, 0.4) is 0 Å². The van der Waals surface area contributed by atoms with Crippen molar-refractivity contribution in [2.75, 3.05) is 7.05 Å². The normalized spacial score (nSPS) is 9.87. The quantitative estimate of drug-likeness (QED) is 0.718. The first kappa shape index (κ1) is 11.4. The van der Waals surface area contributed by atoms with Crippen molar-refractivity contribution in [1.82, 2.24) is 5.06 Å². The van der Waals surface area contributed by atoms with Crippen LogP contribution in [-0.2, 0) is 4.74 Å². The van der Waals surface area contributed by atoms with E-state index in [9.17, 15) is 4.79 Å². The number of hydrogen-bond acceptors (Lipinski definition) is 3. The number of ether oxygens (including phenoxy) is 1. The van der Waals surface area contributed by atoms with Gasteiger partial charge >= 0.3 is 6.09 Å². The third-order valence-electron chi connectivity index (χ3n) is 1.58. The lowest BCUT2D eigenvalue weighted by Gasteiger charge is -2.18. The van der Waals surface area contributed by atoms with Gasteiger partial charge in [0.2, 0.25) is 0 Å². The highest BCUT2D eigenvalue weighted by atomic mass is 16.7. The Bertz CT molecular complexity index is 311. The monoisotopic (exact) mass is 209 g/mol. The van der Waals surface area contributed by atoms with E-state index >= 15 is 0 Å². The zero-order valence-corrected chi connectivity index (χ0v) is 9.14. The van der Waals surface area contributed by atoms with Crippen LogP contribution < -0.4 is 4.84 Å². The van der Waals surface area contributed by atoms with Crippen LogP contribution in [0, 0.1) is 0 Å². The second kappa shape index (κ2) is 5.24. The minimum absolute atomic E-state index is 0.153. The molecule has 1 rings (SSSR count). The molecule has 1 aromatic carbocycles. The van der Waals surface area contributed by atoms with Gasteiger partial charge in [-0.05, 0) is 26.0 Å². The number of carbonyl (C=O) groups is 1. The molecular weight excluding hydrogens is 194 g/mol. The molecule has 0 aliphatic heterocycles. The maximum atomic E-state index is 11.3. The van der Waals surface area contributed by atoms with Gasteiger partial charge in [0.25, 0.3) is 0 Å². The summed E-state index contributed by atoms with van der Waals surface area (Å²) in [5, 5.41) is 1.06. The van der Waals surface area contributed by atoms with Crippen LogP contribution in [0.1, 0.15) is 13.8 Å². The zero-order valence-electron chi connectivity index (χ0n) is 9.14. The van der Waals surface area contributed by atoms with E-state index in [1.165, 1.54) is 7.05 Å². The summed E-state index contributed by atoms with van der Waals surface area (Å²) < 4.78 is 4.95. The lowest BCUT2D eigenvalue weighted by Crippen LogP contribution is -2.32. The van der Waals surface area contributed by atoms with Gasteiger partial charge in [-0.25, -0.2) is 4.79 Å². The number of hydroxylamine groups is 2. The average Bonchev–Trinajstić information content (AvgIpc) is 2.18. The number of para-hydroxylation sites is 1. The van der Waals surface area contributed by atoms with Crippen molar-refractivity contribution in [2.45, 2.75) is 20.0 Å². The van der Waals surface area contributed by atoms with Crippen molar-refractivity contribution in [3.05, 3.63) is 30.3 Å². The summed E-state index contributed by atoms with van der Waals surface area (Å²) in [6.07, 6.45) is -0.659. The molecule has 0 spiro atoms. The first-order valence-corrected chi connectivity index (χ1v) is 4.77. The molecule has 0 saturated heterocycles. The summed E-state index contributed by atoms with van der Waals surface area (Å²) in [6.45, 7) is 3.57. The Morgan fingerprint density at radius 2 is 1.87 bits per heavy atom. The molecule has 15 heavy (non-hydrogen) atoms. The second-order valence-corrected chi connectivity index (χ2v) is 3.33. The molecule has 0 saturated carbocycles. The molecule has 0 aliphatic rings. The summed E-state index contributed by atoms with van der Waals surface area (Å²) >= 11 is 0. The van der Waals surface area contributed by atoms with E-state index in [-0.39, 0.29) is 6.10 Å². The van der Waals surface area contributed by atoms with E-state index in [0.29, 0.717) is 5.75 Å². The van der Waals surface area contributed by atoms with E-state index in [1.807, 2.05) is 18.2 Å². The van der Waals surface area contributed by atoms with E-state index in [4.69, 9.17) is 9.57 Å². The van der Waals surface area contributed by atoms with Gasteiger partial charge in [0.1, 0.15) is 0 Å². The van der Waals surface area contributed by atoms with Gasteiger partial charge in [-0.3, -0.25) is 0 Å². The van der Waals surface area contributed by atoms with Crippen LogP contribution in [0.25, 0.3) is 0 Å². The molecule has 0 radical (unpaired) electrons. The minimum atomic E-state index is -0.506. The second-order valence-electron chi connectivity index (χ2n) is 3.33. The van der Waals surface area contributed by atoms with E-state index in [2.05, 4.69) is 0 Å². The molecule has 0 heterocycles. The fraction of sp³-hybridized carbons (Fsp3) is 0.364. The Morgan fingerprint density at radius 1 is 1.27 bits per heavy atom. The van der Waals surface area contributed by atoms with Gasteiger partial charge in [-0.15, -0.1) is 5.06 Å². The molecule has 1 aromatic rings. The Hall–Kier alpha value is -1.71. The zero-order chi connectivity index (χ0) is 11.3. The fourth-order valence-electron chi connectivity index (χ4n) is 0.953. The topological polar surface area (TPSA) is 38.8 Å². The minimum Gasteiger partial charge on any atom is -0.445 e. The first-order valence-electron chi connectivity index (χ1n) is 4.77. The van der Waals surface area contributed by atoms with Gasteiger partial charge in [0, 0.05) is 0 Å². The molecule has 4 heteroatoms. The van der Waals surface area contributed by atoms with Crippen LogP contribution in [0.5, 0.6) is 5.75 Å². The molecule has 4 nitrogen and oxygen atoms in total. The summed E-state index contributed by atoms with van der Waals surface area (Å²) in [5.41, 5.74) is 0. The van der Waals surface area contributed by atoms with Crippen molar-refractivity contribution >= 4 is 6.09 Å². The SMILES string of the molecule is CC(C)OC(=O)N(C)Oc1ccccc1. The molecule has 0 aliphatic carbocycles. The third kappa shape index (κ3) is 3.89. The van der Waals surface area contributed by atoms with Gasteiger partial charge < -0.3 is 9.57 Å². The van der Waals surface area contributed by atoms with Crippen molar-refractivity contribution in [1.29, 1.82) is 0 Å². The number of hydrogen-bond donors (Lipinski definition) is 0. The number of rotatable bonds is 3. The highest BCUT2D eigenvalue weighted by molar-refractivity contribution is 5.66. The van der Waals surface area contributed by atoms with E-state index < -0.39 is 6.09 Å².